The Morgan fingerprint density at radius 1 is 1.19 bits per heavy atom. The Bertz CT molecular complexity index is 1100. The second kappa shape index (κ2) is 6.61. The SMILES string of the molecule is Cn1c(=O)c(C#N)c(N2CCN(C(=O)c3ccno3)CC2)c2ccccc21. The van der Waals surface area contributed by atoms with Crippen molar-refractivity contribution in [2.24, 2.45) is 7.05 Å². The minimum absolute atomic E-state index is 0.131. The largest absolute Gasteiger partial charge is 0.366 e. The molecule has 8 heteroatoms. The molecule has 0 saturated carbocycles. The van der Waals surface area contributed by atoms with E-state index in [2.05, 4.69) is 11.2 Å². The molecule has 0 aliphatic carbocycles. The summed E-state index contributed by atoms with van der Waals surface area (Å²) in [7, 11) is 1.67. The molecule has 1 aromatic carbocycles. The molecule has 0 radical (unpaired) electrons. The molecule has 1 fully saturated rings. The summed E-state index contributed by atoms with van der Waals surface area (Å²) >= 11 is 0. The van der Waals surface area contributed by atoms with E-state index in [9.17, 15) is 14.9 Å². The number of para-hydroxylation sites is 1. The second-order valence-electron chi connectivity index (χ2n) is 6.37. The molecule has 1 aliphatic heterocycles. The number of hydrogen-bond acceptors (Lipinski definition) is 6. The summed E-state index contributed by atoms with van der Waals surface area (Å²) in [6.45, 7) is 1.97. The zero-order valence-electron chi connectivity index (χ0n) is 14.8. The van der Waals surface area contributed by atoms with E-state index in [1.807, 2.05) is 29.2 Å². The Morgan fingerprint density at radius 2 is 1.93 bits per heavy atom. The number of nitriles is 1. The highest BCUT2D eigenvalue weighted by atomic mass is 16.5. The molecule has 27 heavy (non-hydrogen) atoms. The Hall–Kier alpha value is -3.60. The van der Waals surface area contributed by atoms with Gasteiger partial charge < -0.3 is 18.9 Å². The van der Waals surface area contributed by atoms with Gasteiger partial charge in [-0.25, -0.2) is 0 Å². The minimum Gasteiger partial charge on any atom is -0.366 e. The van der Waals surface area contributed by atoms with Gasteiger partial charge in [0.25, 0.3) is 11.5 Å². The molecule has 0 atom stereocenters. The van der Waals surface area contributed by atoms with Crippen molar-refractivity contribution < 1.29 is 9.32 Å². The highest BCUT2D eigenvalue weighted by Gasteiger charge is 2.27. The number of benzene rings is 1. The van der Waals surface area contributed by atoms with Crippen LogP contribution in [0.1, 0.15) is 16.1 Å². The first-order chi connectivity index (χ1) is 13.1. The number of hydrogen-bond donors (Lipinski definition) is 0. The lowest BCUT2D eigenvalue weighted by Crippen LogP contribution is -2.49. The maximum Gasteiger partial charge on any atom is 0.292 e. The monoisotopic (exact) mass is 363 g/mol. The number of anilines is 1. The van der Waals surface area contributed by atoms with Crippen molar-refractivity contribution in [2.45, 2.75) is 0 Å². The molecule has 1 amide bonds. The quantitative estimate of drug-likeness (QED) is 0.682. The van der Waals surface area contributed by atoms with E-state index < -0.39 is 0 Å². The van der Waals surface area contributed by atoms with Crippen molar-refractivity contribution in [3.05, 3.63) is 58.2 Å². The number of carbonyl (C=O) groups is 1. The van der Waals surface area contributed by atoms with Gasteiger partial charge >= 0.3 is 0 Å². The molecule has 1 saturated heterocycles. The highest BCUT2D eigenvalue weighted by molar-refractivity contribution is 5.95. The van der Waals surface area contributed by atoms with Crippen LogP contribution >= 0.6 is 0 Å². The average molecular weight is 363 g/mol. The van der Waals surface area contributed by atoms with Crippen molar-refractivity contribution in [1.29, 1.82) is 5.26 Å². The van der Waals surface area contributed by atoms with Crippen molar-refractivity contribution in [3.63, 3.8) is 0 Å². The number of aryl methyl sites for hydroxylation is 1. The van der Waals surface area contributed by atoms with E-state index in [4.69, 9.17) is 4.52 Å². The zero-order chi connectivity index (χ0) is 19.0. The maximum atomic E-state index is 12.6. The highest BCUT2D eigenvalue weighted by Crippen LogP contribution is 2.29. The van der Waals surface area contributed by atoms with Crippen molar-refractivity contribution in [1.82, 2.24) is 14.6 Å². The molecular formula is C19H17N5O3. The van der Waals surface area contributed by atoms with Crippen LogP contribution in [0.25, 0.3) is 10.9 Å². The first-order valence-electron chi connectivity index (χ1n) is 8.58. The molecular weight excluding hydrogens is 346 g/mol. The predicted molar refractivity (Wildman–Crippen MR) is 98.5 cm³/mol. The van der Waals surface area contributed by atoms with Crippen LogP contribution in [0.5, 0.6) is 0 Å². The van der Waals surface area contributed by atoms with Crippen LogP contribution in [0.4, 0.5) is 5.69 Å². The van der Waals surface area contributed by atoms with Gasteiger partial charge in [0.2, 0.25) is 5.76 Å². The Labute approximate surface area is 154 Å². The first kappa shape index (κ1) is 16.8. The van der Waals surface area contributed by atoms with Crippen LogP contribution in [0.2, 0.25) is 0 Å². The van der Waals surface area contributed by atoms with E-state index in [1.165, 1.54) is 16.8 Å². The third-order valence-electron chi connectivity index (χ3n) is 4.92. The van der Waals surface area contributed by atoms with E-state index in [-0.39, 0.29) is 22.8 Å². The van der Waals surface area contributed by atoms with Gasteiger partial charge in [-0.05, 0) is 6.07 Å². The predicted octanol–water partition coefficient (Wildman–Crippen LogP) is 1.36. The van der Waals surface area contributed by atoms with Gasteiger partial charge in [0.1, 0.15) is 11.6 Å². The Balaban J connectivity index is 1.68. The smallest absolute Gasteiger partial charge is 0.292 e. The second-order valence-corrected chi connectivity index (χ2v) is 6.37. The molecule has 0 spiro atoms. The molecule has 136 valence electrons. The summed E-state index contributed by atoms with van der Waals surface area (Å²) in [5.41, 5.74) is 1.23. The normalized spacial score (nSPS) is 14.4. The summed E-state index contributed by atoms with van der Waals surface area (Å²) < 4.78 is 6.44. The Morgan fingerprint density at radius 3 is 2.59 bits per heavy atom. The van der Waals surface area contributed by atoms with Crippen LogP contribution in [0, 0.1) is 11.3 Å². The fourth-order valence-electron chi connectivity index (χ4n) is 3.52. The zero-order valence-corrected chi connectivity index (χ0v) is 14.8. The van der Waals surface area contributed by atoms with E-state index >= 15 is 0 Å². The van der Waals surface area contributed by atoms with E-state index in [0.29, 0.717) is 31.9 Å². The van der Waals surface area contributed by atoms with Gasteiger partial charge in [-0.3, -0.25) is 9.59 Å². The van der Waals surface area contributed by atoms with Gasteiger partial charge in [0.05, 0.1) is 17.4 Å². The van der Waals surface area contributed by atoms with Crippen LogP contribution in [-0.2, 0) is 7.05 Å². The Kier molecular flexibility index (Phi) is 4.12. The first-order valence-corrected chi connectivity index (χ1v) is 8.58. The minimum atomic E-state index is -0.314. The standard InChI is InChI=1S/C19H17N5O3/c1-22-15-5-3-2-4-13(15)17(14(12-20)18(22)25)23-8-10-24(11-9-23)19(26)16-6-7-21-27-16/h2-7H,8-11H2,1H3. The molecule has 8 nitrogen and oxygen atoms in total. The fourth-order valence-corrected chi connectivity index (χ4v) is 3.52. The molecule has 3 aromatic rings. The third kappa shape index (κ3) is 2.73. The number of fused-ring (bicyclic) bond motifs is 1. The fraction of sp³-hybridized carbons (Fsp3) is 0.263. The summed E-state index contributed by atoms with van der Waals surface area (Å²) in [6.07, 6.45) is 1.44. The molecule has 0 bridgehead atoms. The molecule has 4 rings (SSSR count). The number of pyridine rings is 1. The van der Waals surface area contributed by atoms with Gasteiger partial charge in [0.15, 0.2) is 0 Å². The lowest BCUT2D eigenvalue weighted by Gasteiger charge is -2.36. The maximum absolute atomic E-state index is 12.6. The third-order valence-corrected chi connectivity index (χ3v) is 4.92. The number of nitrogens with zero attached hydrogens (tertiary/aromatic N) is 5. The summed E-state index contributed by atoms with van der Waals surface area (Å²) in [5, 5.41) is 14.0. The van der Waals surface area contributed by atoms with Crippen LogP contribution in [-0.4, -0.2) is 46.7 Å². The van der Waals surface area contributed by atoms with Gasteiger partial charge in [-0.2, -0.15) is 5.26 Å². The van der Waals surface area contributed by atoms with Crippen LogP contribution in [0.3, 0.4) is 0 Å². The van der Waals surface area contributed by atoms with Gasteiger partial charge in [0, 0.05) is 44.7 Å². The lowest BCUT2D eigenvalue weighted by molar-refractivity contribution is 0.0705. The molecule has 0 N–H and O–H groups in total. The summed E-state index contributed by atoms with van der Waals surface area (Å²) in [5.74, 6) is 0.00156. The van der Waals surface area contributed by atoms with E-state index in [1.54, 1.807) is 11.9 Å². The van der Waals surface area contributed by atoms with Crippen molar-refractivity contribution >= 4 is 22.5 Å². The number of carbonyl (C=O) groups excluding carboxylic acids is 1. The lowest BCUT2D eigenvalue weighted by atomic mass is 10.1. The van der Waals surface area contributed by atoms with Crippen molar-refractivity contribution in [2.75, 3.05) is 31.1 Å². The topological polar surface area (TPSA) is 95.4 Å². The van der Waals surface area contributed by atoms with Gasteiger partial charge in [-0.15, -0.1) is 0 Å². The summed E-state index contributed by atoms with van der Waals surface area (Å²) in [6, 6.07) is 11.1. The van der Waals surface area contributed by atoms with Crippen molar-refractivity contribution in [3.8, 4) is 6.07 Å². The van der Waals surface area contributed by atoms with E-state index in [0.717, 1.165) is 10.9 Å². The van der Waals surface area contributed by atoms with Crippen LogP contribution in [0.15, 0.2) is 45.8 Å². The van der Waals surface area contributed by atoms with Crippen LogP contribution < -0.4 is 10.5 Å². The summed E-state index contributed by atoms with van der Waals surface area (Å²) in [4.78, 5) is 28.7. The average Bonchev–Trinajstić information content (AvgIpc) is 3.25. The molecule has 0 unspecified atom stereocenters. The molecule has 3 heterocycles. The number of amides is 1. The number of aromatic nitrogens is 2. The molecule has 2 aromatic heterocycles. The van der Waals surface area contributed by atoms with Gasteiger partial charge in [-0.1, -0.05) is 23.4 Å². The number of rotatable bonds is 2. The molecule has 1 aliphatic rings. The number of piperazine rings is 1.